The Labute approximate surface area is 73.1 Å². The molecule has 0 aliphatic carbocycles. The molecule has 0 radical (unpaired) electrons. The Balaban J connectivity index is 3.13. The van der Waals surface area contributed by atoms with Crippen LogP contribution in [0.4, 0.5) is 0 Å². The van der Waals surface area contributed by atoms with Crippen molar-refractivity contribution in [3.63, 3.8) is 0 Å². The van der Waals surface area contributed by atoms with Crippen LogP contribution in [-0.2, 0) is 14.3 Å². The summed E-state index contributed by atoms with van der Waals surface area (Å²) in [6.45, 7) is 2.01. The van der Waals surface area contributed by atoms with Crippen molar-refractivity contribution < 1.29 is 14.3 Å². The molecule has 70 valence electrons. The van der Waals surface area contributed by atoms with Crippen molar-refractivity contribution in [2.45, 2.75) is 39.0 Å². The third kappa shape index (κ3) is 7.25. The zero-order chi connectivity index (χ0) is 9.23. The van der Waals surface area contributed by atoms with Gasteiger partial charge in [-0.05, 0) is 6.42 Å². The summed E-state index contributed by atoms with van der Waals surface area (Å²) in [7, 11) is 0. The molecule has 0 bridgehead atoms. The fourth-order valence-corrected chi connectivity index (χ4v) is 0.895. The molecule has 3 heteroatoms. The molecule has 0 fully saturated rings. The Kier molecular flexibility index (Phi) is 7.65. The van der Waals surface area contributed by atoms with Crippen LogP contribution in [0.15, 0.2) is 0 Å². The van der Waals surface area contributed by atoms with Crippen LogP contribution in [0.3, 0.4) is 0 Å². The Morgan fingerprint density at radius 2 is 2.08 bits per heavy atom. The zero-order valence-corrected chi connectivity index (χ0v) is 7.54. The lowest BCUT2D eigenvalue weighted by atomic mass is 10.2. The van der Waals surface area contributed by atoms with Gasteiger partial charge in [0, 0.05) is 6.42 Å². The molecule has 0 amide bonds. The molecular formula is C9H16O3. The number of carbonyl (C=O) groups is 2. The third-order valence-corrected chi connectivity index (χ3v) is 1.55. The third-order valence-electron chi connectivity index (χ3n) is 1.55. The number of aldehydes is 1. The molecule has 0 unspecified atom stereocenters. The minimum Gasteiger partial charge on any atom is -0.458 e. The molecular weight excluding hydrogens is 156 g/mol. The first kappa shape index (κ1) is 11.1. The highest BCUT2D eigenvalue weighted by Gasteiger charge is 2.00. The van der Waals surface area contributed by atoms with Gasteiger partial charge in [-0.15, -0.1) is 0 Å². The highest BCUT2D eigenvalue weighted by Crippen LogP contribution is 2.02. The first-order chi connectivity index (χ1) is 5.81. The molecule has 0 aliphatic heterocycles. The SMILES string of the molecule is CCCCCCC(=O)OCC=O. The maximum Gasteiger partial charge on any atom is 0.306 e. The summed E-state index contributed by atoms with van der Waals surface area (Å²) < 4.78 is 4.56. The van der Waals surface area contributed by atoms with Gasteiger partial charge in [0.15, 0.2) is 6.29 Å². The van der Waals surface area contributed by atoms with E-state index in [0.29, 0.717) is 12.7 Å². The van der Waals surface area contributed by atoms with Crippen LogP contribution in [0.5, 0.6) is 0 Å². The molecule has 0 aromatic heterocycles. The van der Waals surface area contributed by atoms with Gasteiger partial charge < -0.3 is 4.74 Å². The van der Waals surface area contributed by atoms with E-state index in [0.717, 1.165) is 25.7 Å². The van der Waals surface area contributed by atoms with Crippen LogP contribution in [0.25, 0.3) is 0 Å². The van der Waals surface area contributed by atoms with Crippen LogP contribution in [0, 0.1) is 0 Å². The van der Waals surface area contributed by atoms with E-state index in [2.05, 4.69) is 11.7 Å². The highest BCUT2D eigenvalue weighted by molar-refractivity contribution is 5.71. The fraction of sp³-hybridized carbons (Fsp3) is 0.778. The van der Waals surface area contributed by atoms with Crippen LogP contribution >= 0.6 is 0 Å². The number of hydrogen-bond acceptors (Lipinski definition) is 3. The standard InChI is InChI=1S/C9H16O3/c1-2-3-4-5-6-9(11)12-8-7-10/h7H,2-6,8H2,1H3. The molecule has 0 heterocycles. The molecule has 0 N–H and O–H groups in total. The highest BCUT2D eigenvalue weighted by atomic mass is 16.5. The second-order valence-corrected chi connectivity index (χ2v) is 2.66. The van der Waals surface area contributed by atoms with E-state index in [9.17, 15) is 9.59 Å². The number of ether oxygens (including phenoxy) is 1. The first-order valence-corrected chi connectivity index (χ1v) is 4.40. The largest absolute Gasteiger partial charge is 0.458 e. The van der Waals surface area contributed by atoms with Gasteiger partial charge in [0.25, 0.3) is 0 Å². The molecule has 0 saturated carbocycles. The van der Waals surface area contributed by atoms with Crippen molar-refractivity contribution in [2.24, 2.45) is 0 Å². The van der Waals surface area contributed by atoms with Crippen molar-refractivity contribution in [2.75, 3.05) is 6.61 Å². The molecule has 0 aromatic carbocycles. The van der Waals surface area contributed by atoms with Gasteiger partial charge in [0.1, 0.15) is 6.61 Å². The second kappa shape index (κ2) is 8.24. The molecule has 12 heavy (non-hydrogen) atoms. The summed E-state index contributed by atoms with van der Waals surface area (Å²) in [5.74, 6) is -0.266. The van der Waals surface area contributed by atoms with Crippen molar-refractivity contribution in [3.8, 4) is 0 Å². The van der Waals surface area contributed by atoms with Gasteiger partial charge in [-0.1, -0.05) is 26.2 Å². The van der Waals surface area contributed by atoms with Crippen LogP contribution in [-0.4, -0.2) is 18.9 Å². The van der Waals surface area contributed by atoms with E-state index in [-0.39, 0.29) is 12.6 Å². The van der Waals surface area contributed by atoms with Crippen LogP contribution in [0.1, 0.15) is 39.0 Å². The van der Waals surface area contributed by atoms with Crippen LogP contribution in [0.2, 0.25) is 0 Å². The summed E-state index contributed by atoms with van der Waals surface area (Å²) in [4.78, 5) is 20.6. The number of hydrogen-bond donors (Lipinski definition) is 0. The van der Waals surface area contributed by atoms with Gasteiger partial charge in [-0.2, -0.15) is 0 Å². The summed E-state index contributed by atoms with van der Waals surface area (Å²) in [6.07, 6.45) is 5.26. The van der Waals surface area contributed by atoms with Gasteiger partial charge in [0.2, 0.25) is 0 Å². The lowest BCUT2D eigenvalue weighted by Gasteiger charge is -1.99. The van der Waals surface area contributed by atoms with Gasteiger partial charge in [-0.3, -0.25) is 9.59 Å². The zero-order valence-electron chi connectivity index (χ0n) is 7.54. The maximum atomic E-state index is 10.8. The van der Waals surface area contributed by atoms with Crippen LogP contribution < -0.4 is 0 Å². The number of unbranched alkanes of at least 4 members (excludes halogenated alkanes) is 3. The van der Waals surface area contributed by atoms with Gasteiger partial charge in [-0.25, -0.2) is 0 Å². The monoisotopic (exact) mass is 172 g/mol. The number of rotatable bonds is 7. The normalized spacial score (nSPS) is 9.42. The Morgan fingerprint density at radius 1 is 1.33 bits per heavy atom. The lowest BCUT2D eigenvalue weighted by Crippen LogP contribution is -2.05. The van der Waals surface area contributed by atoms with E-state index in [4.69, 9.17) is 0 Å². The average Bonchev–Trinajstić information content (AvgIpc) is 2.09. The minimum atomic E-state index is -0.266. The van der Waals surface area contributed by atoms with Crippen molar-refractivity contribution >= 4 is 12.3 Å². The van der Waals surface area contributed by atoms with E-state index < -0.39 is 0 Å². The Hall–Kier alpha value is -0.860. The molecule has 0 spiro atoms. The lowest BCUT2D eigenvalue weighted by molar-refractivity contribution is -0.145. The predicted octanol–water partition coefficient (Wildman–Crippen LogP) is 1.70. The summed E-state index contributed by atoms with van der Waals surface area (Å²) >= 11 is 0. The van der Waals surface area contributed by atoms with Crippen molar-refractivity contribution in [1.82, 2.24) is 0 Å². The summed E-state index contributed by atoms with van der Waals surface area (Å²) in [5, 5.41) is 0. The second-order valence-electron chi connectivity index (χ2n) is 2.66. The van der Waals surface area contributed by atoms with E-state index in [1.807, 2.05) is 0 Å². The van der Waals surface area contributed by atoms with E-state index >= 15 is 0 Å². The topological polar surface area (TPSA) is 43.4 Å². The van der Waals surface area contributed by atoms with Crippen molar-refractivity contribution in [1.29, 1.82) is 0 Å². The summed E-state index contributed by atoms with van der Waals surface area (Å²) in [6, 6.07) is 0. The molecule has 0 rings (SSSR count). The maximum absolute atomic E-state index is 10.8. The van der Waals surface area contributed by atoms with E-state index in [1.165, 1.54) is 0 Å². The summed E-state index contributed by atoms with van der Waals surface area (Å²) in [5.41, 5.74) is 0. The molecule has 0 saturated heterocycles. The Morgan fingerprint density at radius 3 is 2.67 bits per heavy atom. The fourth-order valence-electron chi connectivity index (χ4n) is 0.895. The van der Waals surface area contributed by atoms with Gasteiger partial charge in [0.05, 0.1) is 0 Å². The smallest absolute Gasteiger partial charge is 0.306 e. The predicted molar refractivity (Wildman–Crippen MR) is 45.8 cm³/mol. The number of esters is 1. The first-order valence-electron chi connectivity index (χ1n) is 4.40. The van der Waals surface area contributed by atoms with Gasteiger partial charge >= 0.3 is 5.97 Å². The molecule has 0 atom stereocenters. The minimum absolute atomic E-state index is 0.105. The quantitative estimate of drug-likeness (QED) is 0.333. The average molecular weight is 172 g/mol. The molecule has 0 aliphatic rings. The molecule has 0 aromatic rings. The van der Waals surface area contributed by atoms with E-state index in [1.54, 1.807) is 0 Å². The number of carbonyl (C=O) groups excluding carboxylic acids is 2. The Bertz CT molecular complexity index is 132. The molecule has 3 nitrogen and oxygen atoms in total. The van der Waals surface area contributed by atoms with Crippen molar-refractivity contribution in [3.05, 3.63) is 0 Å².